The second kappa shape index (κ2) is 6.91. The number of hydrogen-bond acceptors (Lipinski definition) is 5. The minimum absolute atomic E-state index is 0.0482. The molecular weight excluding hydrogens is 340 g/mol. The Hall–Kier alpha value is -1.92. The van der Waals surface area contributed by atoms with E-state index in [2.05, 4.69) is 32.4 Å². The summed E-state index contributed by atoms with van der Waals surface area (Å²) in [5, 5.41) is 7.60. The van der Waals surface area contributed by atoms with Gasteiger partial charge in [0.25, 0.3) is 0 Å². The number of rotatable bonds is 3. The van der Waals surface area contributed by atoms with E-state index in [1.165, 1.54) is 18.4 Å². The van der Waals surface area contributed by atoms with Crippen LogP contribution in [0.5, 0.6) is 0 Å². The topological polar surface area (TPSA) is 57.2 Å². The van der Waals surface area contributed by atoms with E-state index in [-0.39, 0.29) is 23.7 Å². The number of oxime groups is 1. The molecule has 1 spiro atoms. The molecule has 5 rings (SSSR count). The fourth-order valence-corrected chi connectivity index (χ4v) is 5.23. The van der Waals surface area contributed by atoms with Crippen LogP contribution in [0.4, 0.5) is 0 Å². The number of fused-ring (bicyclic) bond motifs is 2. The van der Waals surface area contributed by atoms with E-state index >= 15 is 0 Å². The van der Waals surface area contributed by atoms with Crippen molar-refractivity contribution in [3.05, 3.63) is 35.9 Å². The smallest absolute Gasteiger partial charge is 0.241 e. The summed E-state index contributed by atoms with van der Waals surface area (Å²) in [5.41, 5.74) is 2.04. The first-order valence-electron chi connectivity index (χ1n) is 10.3. The highest BCUT2D eigenvalue weighted by atomic mass is 16.6. The number of nitrogens with zero attached hydrogens (tertiary/aromatic N) is 3. The van der Waals surface area contributed by atoms with Crippen LogP contribution in [0.15, 0.2) is 35.5 Å². The Morgan fingerprint density at radius 1 is 1.15 bits per heavy atom. The van der Waals surface area contributed by atoms with Gasteiger partial charge in [-0.2, -0.15) is 0 Å². The van der Waals surface area contributed by atoms with Crippen LogP contribution in [0.2, 0.25) is 0 Å². The van der Waals surface area contributed by atoms with E-state index in [1.54, 1.807) is 0 Å². The van der Waals surface area contributed by atoms with Gasteiger partial charge in [-0.3, -0.25) is 14.6 Å². The van der Waals surface area contributed by atoms with E-state index < -0.39 is 0 Å². The predicted molar refractivity (Wildman–Crippen MR) is 103 cm³/mol. The third-order valence-electron chi connectivity index (χ3n) is 6.76. The van der Waals surface area contributed by atoms with E-state index in [4.69, 9.17) is 4.84 Å². The van der Waals surface area contributed by atoms with Crippen molar-refractivity contribution < 1.29 is 9.63 Å². The third kappa shape index (κ3) is 3.05. The second-order valence-corrected chi connectivity index (χ2v) is 8.35. The fourth-order valence-electron chi connectivity index (χ4n) is 5.23. The zero-order valence-electron chi connectivity index (χ0n) is 15.8. The Bertz CT molecular complexity index is 727. The fraction of sp³-hybridized carbons (Fsp3) is 0.619. The van der Waals surface area contributed by atoms with Gasteiger partial charge in [0, 0.05) is 32.6 Å². The normalized spacial score (nSPS) is 30.7. The van der Waals surface area contributed by atoms with Gasteiger partial charge >= 0.3 is 0 Å². The molecule has 1 amide bonds. The van der Waals surface area contributed by atoms with E-state index in [9.17, 15) is 4.79 Å². The lowest BCUT2D eigenvalue weighted by molar-refractivity contribution is -0.129. The average molecular weight is 368 g/mol. The SMILES string of the molecule is O=C1NC2CCCCN2C12CCN(CC1=NOC(c3ccccc3)C1)CC2. The molecule has 1 aromatic rings. The van der Waals surface area contributed by atoms with Gasteiger partial charge in [0.05, 0.1) is 11.9 Å². The van der Waals surface area contributed by atoms with Crippen LogP contribution < -0.4 is 5.32 Å². The maximum Gasteiger partial charge on any atom is 0.241 e. The molecule has 1 aromatic carbocycles. The van der Waals surface area contributed by atoms with Crippen molar-refractivity contribution in [1.29, 1.82) is 0 Å². The highest BCUT2D eigenvalue weighted by Crippen LogP contribution is 2.38. The van der Waals surface area contributed by atoms with E-state index in [0.717, 1.165) is 57.6 Å². The summed E-state index contributed by atoms with van der Waals surface area (Å²) in [6.07, 6.45) is 6.57. The molecule has 6 nitrogen and oxygen atoms in total. The Balaban J connectivity index is 1.18. The molecule has 2 atom stereocenters. The lowest BCUT2D eigenvalue weighted by Gasteiger charge is -2.45. The van der Waals surface area contributed by atoms with Crippen LogP contribution in [0.3, 0.4) is 0 Å². The maximum atomic E-state index is 12.8. The number of carbonyl (C=O) groups excluding carboxylic acids is 1. The molecule has 3 fully saturated rings. The number of nitrogens with one attached hydrogen (secondary N) is 1. The number of piperidine rings is 2. The lowest BCUT2D eigenvalue weighted by Crippen LogP contribution is -2.58. The van der Waals surface area contributed by atoms with Crippen LogP contribution in [0.1, 0.15) is 50.2 Å². The second-order valence-electron chi connectivity index (χ2n) is 8.35. The molecule has 2 unspecified atom stereocenters. The summed E-state index contributed by atoms with van der Waals surface area (Å²) in [4.78, 5) is 23.3. The molecule has 27 heavy (non-hydrogen) atoms. The molecule has 0 aromatic heterocycles. The molecule has 0 radical (unpaired) electrons. The van der Waals surface area contributed by atoms with Crippen molar-refractivity contribution in [3.8, 4) is 0 Å². The van der Waals surface area contributed by atoms with Gasteiger partial charge in [-0.15, -0.1) is 0 Å². The van der Waals surface area contributed by atoms with Crippen molar-refractivity contribution in [2.75, 3.05) is 26.2 Å². The summed E-state index contributed by atoms with van der Waals surface area (Å²) < 4.78 is 0. The summed E-state index contributed by atoms with van der Waals surface area (Å²) in [5.74, 6) is 0.264. The third-order valence-corrected chi connectivity index (χ3v) is 6.76. The number of hydrogen-bond donors (Lipinski definition) is 1. The van der Waals surface area contributed by atoms with Gasteiger partial charge in [0.2, 0.25) is 5.91 Å². The van der Waals surface area contributed by atoms with Crippen LogP contribution in [-0.4, -0.2) is 59.3 Å². The molecule has 4 aliphatic rings. The number of amides is 1. The monoisotopic (exact) mass is 368 g/mol. The lowest BCUT2D eigenvalue weighted by atomic mass is 9.85. The van der Waals surface area contributed by atoms with Gasteiger partial charge in [0.1, 0.15) is 5.54 Å². The first-order chi connectivity index (χ1) is 13.2. The molecule has 1 N–H and O–H groups in total. The summed E-state index contributed by atoms with van der Waals surface area (Å²) in [7, 11) is 0. The molecule has 0 saturated carbocycles. The van der Waals surface area contributed by atoms with Crippen molar-refractivity contribution in [3.63, 3.8) is 0 Å². The summed E-state index contributed by atoms with van der Waals surface area (Å²) in [6, 6.07) is 10.3. The van der Waals surface area contributed by atoms with Crippen LogP contribution >= 0.6 is 0 Å². The Labute approximate surface area is 160 Å². The van der Waals surface area contributed by atoms with Crippen LogP contribution in [-0.2, 0) is 9.63 Å². The van der Waals surface area contributed by atoms with Gasteiger partial charge in [-0.1, -0.05) is 35.5 Å². The van der Waals surface area contributed by atoms with Gasteiger partial charge in [-0.25, -0.2) is 0 Å². The summed E-state index contributed by atoms with van der Waals surface area (Å²) >= 11 is 0. The molecule has 144 valence electrons. The largest absolute Gasteiger partial charge is 0.387 e. The first kappa shape index (κ1) is 17.2. The molecule has 6 heteroatoms. The Morgan fingerprint density at radius 2 is 1.96 bits per heavy atom. The average Bonchev–Trinajstić information content (AvgIpc) is 3.28. The van der Waals surface area contributed by atoms with Crippen LogP contribution in [0.25, 0.3) is 0 Å². The van der Waals surface area contributed by atoms with Crippen molar-refractivity contribution in [2.45, 2.75) is 56.3 Å². The van der Waals surface area contributed by atoms with Gasteiger partial charge < -0.3 is 10.2 Å². The number of benzene rings is 1. The van der Waals surface area contributed by atoms with Crippen LogP contribution in [0, 0.1) is 0 Å². The minimum atomic E-state index is -0.262. The quantitative estimate of drug-likeness (QED) is 0.889. The predicted octanol–water partition coefficient (Wildman–Crippen LogP) is 2.28. The number of likely N-dealkylation sites (tertiary alicyclic amines) is 1. The minimum Gasteiger partial charge on any atom is -0.387 e. The molecular formula is C21H28N4O2. The molecule has 0 aliphatic carbocycles. The van der Waals surface area contributed by atoms with E-state index in [1.807, 2.05) is 18.2 Å². The van der Waals surface area contributed by atoms with Gasteiger partial charge in [-0.05, 0) is 37.7 Å². The first-order valence-corrected chi connectivity index (χ1v) is 10.3. The molecule has 3 saturated heterocycles. The zero-order valence-corrected chi connectivity index (χ0v) is 15.8. The highest BCUT2D eigenvalue weighted by molar-refractivity contribution is 5.89. The standard InChI is InChI=1S/C21H28N4O2/c26-20-21(25-11-5-4-8-19(25)22-20)9-12-24(13-10-21)15-17-14-18(27-23-17)16-6-2-1-3-7-16/h1-3,6-7,18-19H,4-5,8-15H2,(H,22,26). The Morgan fingerprint density at radius 3 is 2.78 bits per heavy atom. The molecule has 4 aliphatic heterocycles. The maximum absolute atomic E-state index is 12.8. The van der Waals surface area contributed by atoms with Gasteiger partial charge in [0.15, 0.2) is 6.10 Å². The molecule has 0 bridgehead atoms. The highest BCUT2D eigenvalue weighted by Gasteiger charge is 2.54. The van der Waals surface area contributed by atoms with E-state index in [0.29, 0.717) is 0 Å². The van der Waals surface area contributed by atoms with Crippen molar-refractivity contribution in [1.82, 2.24) is 15.1 Å². The number of carbonyl (C=O) groups is 1. The zero-order chi connectivity index (χ0) is 18.3. The van der Waals surface area contributed by atoms with Crippen molar-refractivity contribution in [2.24, 2.45) is 5.16 Å². The van der Waals surface area contributed by atoms with Crippen molar-refractivity contribution >= 4 is 11.6 Å². The Kier molecular flexibility index (Phi) is 4.40. The summed E-state index contributed by atoms with van der Waals surface area (Å²) in [6.45, 7) is 3.81. The molecule has 4 heterocycles.